The van der Waals surface area contributed by atoms with Crippen LogP contribution in [0.1, 0.15) is 43.8 Å². The molecule has 1 saturated carbocycles. The topological polar surface area (TPSA) is 17.8 Å². The summed E-state index contributed by atoms with van der Waals surface area (Å²) in [5.41, 5.74) is 2.11. The molecule has 19 heavy (non-hydrogen) atoms. The molecule has 0 bridgehead atoms. The molecule has 0 amide bonds. The van der Waals surface area contributed by atoms with Crippen LogP contribution in [0.2, 0.25) is 5.02 Å². The van der Waals surface area contributed by atoms with Gasteiger partial charge in [0, 0.05) is 17.8 Å². The van der Waals surface area contributed by atoms with Crippen LogP contribution >= 0.6 is 11.6 Å². The van der Waals surface area contributed by atoms with Gasteiger partial charge in [0.2, 0.25) is 0 Å². The summed E-state index contributed by atoms with van der Waals surface area (Å²) in [7, 11) is 0. The Balaban J connectivity index is 2.04. The smallest absolute Gasteiger partial charge is 0.141 e. The summed E-state index contributed by atoms with van der Waals surface area (Å²) < 4.78 is 2.34. The summed E-state index contributed by atoms with van der Waals surface area (Å²) in [4.78, 5) is 4.70. The highest BCUT2D eigenvalue weighted by molar-refractivity contribution is 6.33. The standard InChI is InChI=1S/C16H19ClN2/c1-12-11-19(13-7-3-2-4-8-13)16(18-12)14-9-5-6-10-15(14)17/h5-6,9-11,13H,2-4,7-8H2,1H3. The molecule has 0 aliphatic heterocycles. The summed E-state index contributed by atoms with van der Waals surface area (Å²) in [6.45, 7) is 2.06. The Hall–Kier alpha value is -1.28. The number of imidazole rings is 1. The third-order valence-corrected chi connectivity index (χ3v) is 4.27. The average Bonchev–Trinajstić information content (AvgIpc) is 2.82. The Kier molecular flexibility index (Phi) is 3.61. The summed E-state index contributed by atoms with van der Waals surface area (Å²) in [5.74, 6) is 1.02. The maximum Gasteiger partial charge on any atom is 0.141 e. The zero-order valence-corrected chi connectivity index (χ0v) is 12.0. The third-order valence-electron chi connectivity index (χ3n) is 3.94. The van der Waals surface area contributed by atoms with Crippen LogP contribution in [0.5, 0.6) is 0 Å². The lowest BCUT2D eigenvalue weighted by atomic mass is 9.95. The fraction of sp³-hybridized carbons (Fsp3) is 0.438. The largest absolute Gasteiger partial charge is 0.328 e. The Morgan fingerprint density at radius 3 is 2.63 bits per heavy atom. The van der Waals surface area contributed by atoms with Crippen LogP contribution in [-0.4, -0.2) is 9.55 Å². The van der Waals surface area contributed by atoms with Crippen molar-refractivity contribution in [1.82, 2.24) is 9.55 Å². The quantitative estimate of drug-likeness (QED) is 0.752. The number of benzene rings is 1. The van der Waals surface area contributed by atoms with Crippen LogP contribution in [-0.2, 0) is 0 Å². The van der Waals surface area contributed by atoms with Crippen LogP contribution in [0.3, 0.4) is 0 Å². The van der Waals surface area contributed by atoms with Crippen LogP contribution < -0.4 is 0 Å². The van der Waals surface area contributed by atoms with Gasteiger partial charge >= 0.3 is 0 Å². The number of aryl methyl sites for hydroxylation is 1. The van der Waals surface area contributed by atoms with Crippen LogP contribution in [0.25, 0.3) is 11.4 Å². The van der Waals surface area contributed by atoms with Gasteiger partial charge in [0.15, 0.2) is 0 Å². The molecular weight excluding hydrogens is 256 g/mol. The molecule has 3 rings (SSSR count). The molecule has 100 valence electrons. The monoisotopic (exact) mass is 274 g/mol. The molecule has 0 unspecified atom stereocenters. The van der Waals surface area contributed by atoms with E-state index in [4.69, 9.17) is 16.6 Å². The lowest BCUT2D eigenvalue weighted by Crippen LogP contribution is -2.13. The second kappa shape index (κ2) is 5.38. The molecule has 0 spiro atoms. The van der Waals surface area contributed by atoms with Gasteiger partial charge in [-0.1, -0.05) is 43.0 Å². The van der Waals surface area contributed by atoms with E-state index in [-0.39, 0.29) is 0 Å². The van der Waals surface area contributed by atoms with Gasteiger partial charge in [-0.25, -0.2) is 4.98 Å². The van der Waals surface area contributed by atoms with E-state index in [1.54, 1.807) is 0 Å². The van der Waals surface area contributed by atoms with E-state index in [0.717, 1.165) is 22.1 Å². The van der Waals surface area contributed by atoms with Crippen molar-refractivity contribution < 1.29 is 0 Å². The molecule has 0 N–H and O–H groups in total. The summed E-state index contributed by atoms with van der Waals surface area (Å²) in [6, 6.07) is 8.57. The number of nitrogens with zero attached hydrogens (tertiary/aromatic N) is 2. The van der Waals surface area contributed by atoms with Crippen molar-refractivity contribution in [3.05, 3.63) is 41.2 Å². The summed E-state index contributed by atoms with van der Waals surface area (Å²) in [6.07, 6.45) is 8.70. The highest BCUT2D eigenvalue weighted by Gasteiger charge is 2.20. The van der Waals surface area contributed by atoms with E-state index in [0.29, 0.717) is 6.04 Å². The van der Waals surface area contributed by atoms with E-state index in [9.17, 15) is 0 Å². The average molecular weight is 275 g/mol. The summed E-state index contributed by atoms with van der Waals surface area (Å²) >= 11 is 6.33. The molecule has 2 nitrogen and oxygen atoms in total. The van der Waals surface area contributed by atoms with Crippen molar-refractivity contribution in [2.75, 3.05) is 0 Å². The fourth-order valence-electron chi connectivity index (χ4n) is 3.00. The second-order valence-electron chi connectivity index (χ2n) is 5.38. The number of rotatable bonds is 2. The van der Waals surface area contributed by atoms with Crippen LogP contribution in [0.4, 0.5) is 0 Å². The molecule has 1 aromatic carbocycles. The van der Waals surface area contributed by atoms with E-state index in [1.165, 1.54) is 32.1 Å². The second-order valence-corrected chi connectivity index (χ2v) is 5.79. The number of halogens is 1. The molecule has 1 aliphatic rings. The minimum Gasteiger partial charge on any atom is -0.328 e. The molecule has 1 aromatic heterocycles. The van der Waals surface area contributed by atoms with Gasteiger partial charge < -0.3 is 4.57 Å². The van der Waals surface area contributed by atoms with Crippen molar-refractivity contribution >= 4 is 11.6 Å². The van der Waals surface area contributed by atoms with Gasteiger partial charge in [-0.05, 0) is 31.9 Å². The number of hydrogen-bond donors (Lipinski definition) is 0. The molecular formula is C16H19ClN2. The van der Waals surface area contributed by atoms with Gasteiger partial charge in [0.05, 0.1) is 10.7 Å². The highest BCUT2D eigenvalue weighted by atomic mass is 35.5. The number of aromatic nitrogens is 2. The van der Waals surface area contributed by atoms with Crippen molar-refractivity contribution in [3.63, 3.8) is 0 Å². The first-order chi connectivity index (χ1) is 9.25. The van der Waals surface area contributed by atoms with Crippen molar-refractivity contribution in [3.8, 4) is 11.4 Å². The molecule has 0 radical (unpaired) electrons. The van der Waals surface area contributed by atoms with Gasteiger partial charge in [-0.2, -0.15) is 0 Å². The lowest BCUT2D eigenvalue weighted by Gasteiger charge is -2.24. The molecule has 1 heterocycles. The minimum atomic E-state index is 0.584. The molecule has 3 heteroatoms. The Labute approximate surface area is 119 Å². The van der Waals surface area contributed by atoms with Gasteiger partial charge in [-0.3, -0.25) is 0 Å². The lowest BCUT2D eigenvalue weighted by molar-refractivity contribution is 0.355. The molecule has 2 aromatic rings. The molecule has 0 saturated heterocycles. The van der Waals surface area contributed by atoms with E-state index >= 15 is 0 Å². The van der Waals surface area contributed by atoms with Crippen LogP contribution in [0.15, 0.2) is 30.5 Å². The first kappa shape index (κ1) is 12.7. The van der Waals surface area contributed by atoms with Crippen molar-refractivity contribution in [2.24, 2.45) is 0 Å². The SMILES string of the molecule is Cc1cn(C2CCCCC2)c(-c2ccccc2Cl)n1. The maximum atomic E-state index is 6.33. The molecule has 1 aliphatic carbocycles. The zero-order chi connectivity index (χ0) is 13.2. The fourth-order valence-corrected chi connectivity index (χ4v) is 3.22. The Bertz CT molecular complexity index is 568. The van der Waals surface area contributed by atoms with Gasteiger partial charge in [0.25, 0.3) is 0 Å². The van der Waals surface area contributed by atoms with Crippen molar-refractivity contribution in [1.29, 1.82) is 0 Å². The summed E-state index contributed by atoms with van der Waals surface area (Å²) in [5, 5.41) is 0.783. The Morgan fingerprint density at radius 1 is 1.16 bits per heavy atom. The Morgan fingerprint density at radius 2 is 1.89 bits per heavy atom. The zero-order valence-electron chi connectivity index (χ0n) is 11.3. The van der Waals surface area contributed by atoms with E-state index < -0.39 is 0 Å². The number of hydrogen-bond acceptors (Lipinski definition) is 1. The van der Waals surface area contributed by atoms with Gasteiger partial charge in [-0.15, -0.1) is 0 Å². The molecule has 0 atom stereocenters. The third kappa shape index (κ3) is 2.55. The molecule has 1 fully saturated rings. The van der Waals surface area contributed by atoms with E-state index in [2.05, 4.69) is 23.8 Å². The van der Waals surface area contributed by atoms with Crippen LogP contribution in [0, 0.1) is 6.92 Å². The van der Waals surface area contributed by atoms with E-state index in [1.807, 2.05) is 18.2 Å². The first-order valence-electron chi connectivity index (χ1n) is 7.06. The predicted octanol–water partition coefficient (Wildman–Crippen LogP) is 5.02. The normalized spacial score (nSPS) is 16.7. The highest BCUT2D eigenvalue weighted by Crippen LogP contribution is 2.34. The predicted molar refractivity (Wildman–Crippen MR) is 79.5 cm³/mol. The van der Waals surface area contributed by atoms with Gasteiger partial charge in [0.1, 0.15) is 5.82 Å². The minimum absolute atomic E-state index is 0.584. The maximum absolute atomic E-state index is 6.33. The first-order valence-corrected chi connectivity index (χ1v) is 7.44. The van der Waals surface area contributed by atoms with Crippen molar-refractivity contribution in [2.45, 2.75) is 45.1 Å².